The molecule has 0 aliphatic carbocycles. The standard InChI is InChI=1S/C14H28N2O4/c1-5-6-7-12(13(17)18)15-14(19)16(8-9-20-4)10-11(2)3/h11-12H,5-10H2,1-4H3,(H,15,19)(H,17,18)/t12-/m0/s1. The van der Waals surface area contributed by atoms with E-state index in [9.17, 15) is 9.59 Å². The molecule has 6 nitrogen and oxygen atoms in total. The van der Waals surface area contributed by atoms with Crippen molar-refractivity contribution in [1.82, 2.24) is 10.2 Å². The Bertz CT molecular complexity index is 295. The molecule has 118 valence electrons. The number of hydrogen-bond donors (Lipinski definition) is 2. The Morgan fingerprint density at radius 1 is 1.35 bits per heavy atom. The highest BCUT2D eigenvalue weighted by Gasteiger charge is 2.22. The topological polar surface area (TPSA) is 78.9 Å². The molecule has 2 N–H and O–H groups in total. The number of rotatable bonds is 10. The van der Waals surface area contributed by atoms with Crippen LogP contribution in [0.4, 0.5) is 4.79 Å². The first-order valence-corrected chi connectivity index (χ1v) is 7.19. The first kappa shape index (κ1) is 18.7. The molecule has 0 aromatic heterocycles. The van der Waals surface area contributed by atoms with E-state index >= 15 is 0 Å². The maximum atomic E-state index is 12.2. The molecule has 0 heterocycles. The first-order chi connectivity index (χ1) is 9.42. The summed E-state index contributed by atoms with van der Waals surface area (Å²) in [6, 6.07) is -1.15. The quantitative estimate of drug-likeness (QED) is 0.644. The van der Waals surface area contributed by atoms with Gasteiger partial charge in [0, 0.05) is 20.2 Å². The zero-order valence-electron chi connectivity index (χ0n) is 13.0. The normalized spacial score (nSPS) is 12.2. The second-order valence-electron chi connectivity index (χ2n) is 5.32. The van der Waals surface area contributed by atoms with Crippen molar-refractivity contribution in [2.24, 2.45) is 5.92 Å². The number of carboxylic acid groups (broad SMARTS) is 1. The van der Waals surface area contributed by atoms with Crippen molar-refractivity contribution < 1.29 is 19.4 Å². The van der Waals surface area contributed by atoms with E-state index in [2.05, 4.69) is 5.32 Å². The predicted molar refractivity (Wildman–Crippen MR) is 77.8 cm³/mol. The molecule has 0 spiro atoms. The van der Waals surface area contributed by atoms with E-state index in [4.69, 9.17) is 9.84 Å². The first-order valence-electron chi connectivity index (χ1n) is 7.19. The van der Waals surface area contributed by atoms with Crippen LogP contribution in [-0.2, 0) is 9.53 Å². The van der Waals surface area contributed by atoms with Gasteiger partial charge in [-0.3, -0.25) is 0 Å². The van der Waals surface area contributed by atoms with Gasteiger partial charge in [0.25, 0.3) is 0 Å². The number of ether oxygens (including phenoxy) is 1. The Hall–Kier alpha value is -1.30. The SMILES string of the molecule is CCCC[C@H](NC(=O)N(CCOC)CC(C)C)C(=O)O. The summed E-state index contributed by atoms with van der Waals surface area (Å²) in [5.41, 5.74) is 0. The van der Waals surface area contributed by atoms with Crippen molar-refractivity contribution in [1.29, 1.82) is 0 Å². The molecule has 0 saturated carbocycles. The number of carbonyl (C=O) groups excluding carboxylic acids is 1. The van der Waals surface area contributed by atoms with Gasteiger partial charge in [-0.05, 0) is 12.3 Å². The average molecular weight is 288 g/mol. The van der Waals surface area contributed by atoms with Crippen molar-refractivity contribution in [2.75, 3.05) is 26.8 Å². The minimum atomic E-state index is -0.983. The zero-order valence-corrected chi connectivity index (χ0v) is 13.0. The van der Waals surface area contributed by atoms with Crippen LogP contribution >= 0.6 is 0 Å². The van der Waals surface area contributed by atoms with E-state index in [1.165, 1.54) is 0 Å². The minimum absolute atomic E-state index is 0.316. The Kier molecular flexibility index (Phi) is 9.80. The summed E-state index contributed by atoms with van der Waals surface area (Å²) >= 11 is 0. The summed E-state index contributed by atoms with van der Waals surface area (Å²) in [7, 11) is 1.58. The lowest BCUT2D eigenvalue weighted by atomic mass is 10.1. The number of urea groups is 1. The van der Waals surface area contributed by atoms with E-state index in [0.717, 1.165) is 12.8 Å². The molecule has 6 heteroatoms. The van der Waals surface area contributed by atoms with E-state index in [1.54, 1.807) is 12.0 Å². The summed E-state index contributed by atoms with van der Waals surface area (Å²) in [6.07, 6.45) is 2.13. The summed E-state index contributed by atoms with van der Waals surface area (Å²) in [5, 5.41) is 11.7. The van der Waals surface area contributed by atoms with Crippen LogP contribution in [0.5, 0.6) is 0 Å². The van der Waals surface area contributed by atoms with Gasteiger partial charge in [0.05, 0.1) is 6.61 Å². The molecule has 0 bridgehead atoms. The van der Waals surface area contributed by atoms with Gasteiger partial charge in [0.2, 0.25) is 0 Å². The fourth-order valence-electron chi connectivity index (χ4n) is 1.82. The van der Waals surface area contributed by atoms with Crippen LogP contribution in [0.2, 0.25) is 0 Å². The van der Waals surface area contributed by atoms with Crippen molar-refractivity contribution in [2.45, 2.75) is 46.1 Å². The van der Waals surface area contributed by atoms with Gasteiger partial charge >= 0.3 is 12.0 Å². The van der Waals surface area contributed by atoms with Crippen LogP contribution in [0, 0.1) is 5.92 Å². The third-order valence-electron chi connectivity index (χ3n) is 2.88. The zero-order chi connectivity index (χ0) is 15.5. The maximum absolute atomic E-state index is 12.2. The molecular weight excluding hydrogens is 260 g/mol. The number of aliphatic carboxylic acids is 1. The number of amides is 2. The Morgan fingerprint density at radius 3 is 2.45 bits per heavy atom. The van der Waals surface area contributed by atoms with Crippen LogP contribution in [0.3, 0.4) is 0 Å². The number of carbonyl (C=O) groups is 2. The van der Waals surface area contributed by atoms with Gasteiger partial charge in [0.15, 0.2) is 0 Å². The second kappa shape index (κ2) is 10.5. The van der Waals surface area contributed by atoms with E-state index in [1.807, 2.05) is 20.8 Å². The number of hydrogen-bond acceptors (Lipinski definition) is 3. The number of unbranched alkanes of at least 4 members (excludes halogenated alkanes) is 1. The van der Waals surface area contributed by atoms with E-state index < -0.39 is 12.0 Å². The van der Waals surface area contributed by atoms with Crippen molar-refractivity contribution in [3.8, 4) is 0 Å². The van der Waals surface area contributed by atoms with Crippen LogP contribution in [-0.4, -0.2) is 54.9 Å². The molecule has 0 radical (unpaired) electrons. The lowest BCUT2D eigenvalue weighted by Gasteiger charge is -2.26. The molecule has 0 fully saturated rings. The summed E-state index contributed by atoms with van der Waals surface area (Å²) in [5.74, 6) is -0.667. The van der Waals surface area contributed by atoms with Gasteiger partial charge in [-0.1, -0.05) is 33.6 Å². The fourth-order valence-corrected chi connectivity index (χ4v) is 1.82. The van der Waals surface area contributed by atoms with Crippen molar-refractivity contribution in [3.05, 3.63) is 0 Å². The molecule has 0 unspecified atom stereocenters. The molecule has 1 atom stereocenters. The smallest absolute Gasteiger partial charge is 0.326 e. The highest BCUT2D eigenvalue weighted by molar-refractivity contribution is 5.82. The summed E-state index contributed by atoms with van der Waals surface area (Å²) in [4.78, 5) is 24.9. The lowest BCUT2D eigenvalue weighted by Crippen LogP contribution is -2.49. The fraction of sp³-hybridized carbons (Fsp3) is 0.857. The van der Waals surface area contributed by atoms with Crippen molar-refractivity contribution >= 4 is 12.0 Å². The third-order valence-corrected chi connectivity index (χ3v) is 2.88. The third kappa shape index (κ3) is 7.99. The maximum Gasteiger partial charge on any atom is 0.326 e. The number of methoxy groups -OCH3 is 1. The molecule has 0 aromatic rings. The molecule has 0 saturated heterocycles. The predicted octanol–water partition coefficient (Wildman–Crippen LogP) is 1.94. The van der Waals surface area contributed by atoms with Gasteiger partial charge in [0.1, 0.15) is 6.04 Å². The molecular formula is C14H28N2O4. The number of nitrogens with zero attached hydrogens (tertiary/aromatic N) is 1. The van der Waals surface area contributed by atoms with Crippen LogP contribution in [0.15, 0.2) is 0 Å². The lowest BCUT2D eigenvalue weighted by molar-refractivity contribution is -0.139. The van der Waals surface area contributed by atoms with Gasteiger partial charge in [-0.2, -0.15) is 0 Å². The molecule has 0 aliphatic heterocycles. The second-order valence-corrected chi connectivity index (χ2v) is 5.32. The number of nitrogens with one attached hydrogen (secondary N) is 1. The van der Waals surface area contributed by atoms with E-state index in [-0.39, 0.29) is 6.03 Å². The monoisotopic (exact) mass is 288 g/mol. The Morgan fingerprint density at radius 2 is 2.00 bits per heavy atom. The number of carboxylic acids is 1. The van der Waals surface area contributed by atoms with Crippen molar-refractivity contribution in [3.63, 3.8) is 0 Å². The minimum Gasteiger partial charge on any atom is -0.480 e. The summed E-state index contributed by atoms with van der Waals surface area (Å²) < 4.78 is 4.98. The Labute approximate surface area is 121 Å². The van der Waals surface area contributed by atoms with Gasteiger partial charge < -0.3 is 20.1 Å². The largest absolute Gasteiger partial charge is 0.480 e. The molecule has 0 aromatic carbocycles. The van der Waals surface area contributed by atoms with Gasteiger partial charge in [-0.25, -0.2) is 9.59 Å². The molecule has 0 rings (SSSR count). The summed E-state index contributed by atoms with van der Waals surface area (Å²) in [6.45, 7) is 7.49. The molecule has 0 aliphatic rings. The Balaban J connectivity index is 4.55. The van der Waals surface area contributed by atoms with Crippen LogP contribution in [0.25, 0.3) is 0 Å². The van der Waals surface area contributed by atoms with Crippen LogP contribution in [0.1, 0.15) is 40.0 Å². The molecule has 2 amide bonds. The average Bonchev–Trinajstić information content (AvgIpc) is 2.38. The highest BCUT2D eigenvalue weighted by Crippen LogP contribution is 2.04. The highest BCUT2D eigenvalue weighted by atomic mass is 16.5. The van der Waals surface area contributed by atoms with E-state index in [0.29, 0.717) is 32.0 Å². The van der Waals surface area contributed by atoms with Crippen LogP contribution < -0.4 is 5.32 Å². The molecule has 20 heavy (non-hydrogen) atoms. The van der Waals surface area contributed by atoms with Gasteiger partial charge in [-0.15, -0.1) is 0 Å².